The van der Waals surface area contributed by atoms with Gasteiger partial charge < -0.3 is 10.3 Å². The lowest BCUT2D eigenvalue weighted by molar-refractivity contribution is 0.0935. The van der Waals surface area contributed by atoms with Crippen molar-refractivity contribution in [3.05, 3.63) is 57.9 Å². The first-order chi connectivity index (χ1) is 10.1. The van der Waals surface area contributed by atoms with Crippen LogP contribution in [0.4, 0.5) is 0 Å². The molecule has 0 aliphatic rings. The minimum absolute atomic E-state index is 0.0345. The molecule has 0 spiro atoms. The van der Waals surface area contributed by atoms with Gasteiger partial charge in [0, 0.05) is 28.2 Å². The minimum Gasteiger partial charge on any atom is -0.350 e. The van der Waals surface area contributed by atoms with Gasteiger partial charge in [0.05, 0.1) is 0 Å². The number of aromatic amines is 1. The van der Waals surface area contributed by atoms with E-state index in [9.17, 15) is 4.79 Å². The molecule has 1 aromatic carbocycles. The number of benzene rings is 1. The molecular weight excluding hydrogens is 280 g/mol. The Morgan fingerprint density at radius 3 is 2.81 bits per heavy atom. The second-order valence-electron chi connectivity index (χ2n) is 5.33. The second-order valence-corrected chi connectivity index (χ2v) is 6.36. The fourth-order valence-corrected chi connectivity index (χ4v) is 3.42. The van der Waals surface area contributed by atoms with E-state index in [1.54, 1.807) is 11.3 Å². The number of aryl methyl sites for hydroxylation is 1. The Hall–Kier alpha value is -2.07. The molecule has 3 aromatic rings. The van der Waals surface area contributed by atoms with Crippen LogP contribution in [-0.4, -0.2) is 16.9 Å². The number of aromatic nitrogens is 1. The van der Waals surface area contributed by atoms with Crippen molar-refractivity contribution >= 4 is 28.1 Å². The quantitative estimate of drug-likeness (QED) is 0.754. The molecule has 1 atom stereocenters. The first-order valence-electron chi connectivity index (χ1n) is 7.05. The summed E-state index contributed by atoms with van der Waals surface area (Å²) in [6, 6.07) is 12.2. The lowest BCUT2D eigenvalue weighted by atomic mass is 10.1. The van der Waals surface area contributed by atoms with Gasteiger partial charge in [-0.05, 0) is 36.9 Å². The number of thiophene rings is 1. The number of amides is 1. The van der Waals surface area contributed by atoms with Crippen molar-refractivity contribution in [3.63, 3.8) is 0 Å². The van der Waals surface area contributed by atoms with Crippen molar-refractivity contribution in [1.29, 1.82) is 0 Å². The van der Waals surface area contributed by atoms with E-state index < -0.39 is 0 Å². The standard InChI is InChI=1S/C17H18N2OS/c1-11(10-13-6-5-9-21-13)18-17(20)16-12(2)14-7-3-4-8-15(14)19-16/h3-9,11,19H,10H2,1-2H3,(H,18,20). The molecule has 1 amide bonds. The Kier molecular flexibility index (Phi) is 3.80. The molecule has 0 saturated heterocycles. The van der Waals surface area contributed by atoms with Crippen LogP contribution in [0.2, 0.25) is 0 Å². The number of carbonyl (C=O) groups is 1. The van der Waals surface area contributed by atoms with E-state index in [2.05, 4.69) is 21.7 Å². The Bertz CT molecular complexity index is 758. The Balaban J connectivity index is 1.76. The van der Waals surface area contributed by atoms with E-state index in [1.165, 1.54) is 4.88 Å². The van der Waals surface area contributed by atoms with E-state index in [0.717, 1.165) is 22.9 Å². The SMILES string of the molecule is Cc1c(C(=O)NC(C)Cc2cccs2)[nH]c2ccccc12. The van der Waals surface area contributed by atoms with E-state index in [-0.39, 0.29) is 11.9 Å². The molecule has 21 heavy (non-hydrogen) atoms. The van der Waals surface area contributed by atoms with Gasteiger partial charge in [0.2, 0.25) is 0 Å². The van der Waals surface area contributed by atoms with Crippen molar-refractivity contribution in [3.8, 4) is 0 Å². The summed E-state index contributed by atoms with van der Waals surface area (Å²) in [6.07, 6.45) is 0.864. The van der Waals surface area contributed by atoms with Crippen molar-refractivity contribution in [2.24, 2.45) is 0 Å². The predicted octanol–water partition coefficient (Wildman–Crippen LogP) is 3.90. The maximum absolute atomic E-state index is 12.4. The number of fused-ring (bicyclic) bond motifs is 1. The monoisotopic (exact) mass is 298 g/mol. The van der Waals surface area contributed by atoms with Gasteiger partial charge >= 0.3 is 0 Å². The Labute approximate surface area is 128 Å². The van der Waals surface area contributed by atoms with Crippen LogP contribution < -0.4 is 5.32 Å². The molecule has 0 aliphatic heterocycles. The Morgan fingerprint density at radius 1 is 1.29 bits per heavy atom. The van der Waals surface area contributed by atoms with Gasteiger partial charge in [-0.3, -0.25) is 4.79 Å². The second kappa shape index (κ2) is 5.74. The highest BCUT2D eigenvalue weighted by atomic mass is 32.1. The van der Waals surface area contributed by atoms with Gasteiger partial charge in [-0.2, -0.15) is 0 Å². The van der Waals surface area contributed by atoms with Crippen LogP contribution in [0.5, 0.6) is 0 Å². The third kappa shape index (κ3) is 2.85. The molecular formula is C17H18N2OS. The highest BCUT2D eigenvalue weighted by Gasteiger charge is 2.16. The molecule has 0 radical (unpaired) electrons. The predicted molar refractivity (Wildman–Crippen MR) is 88.0 cm³/mol. The van der Waals surface area contributed by atoms with Gasteiger partial charge in [-0.1, -0.05) is 24.3 Å². The summed E-state index contributed by atoms with van der Waals surface area (Å²) in [5.74, 6) is -0.0345. The maximum atomic E-state index is 12.4. The van der Waals surface area contributed by atoms with Gasteiger partial charge in [0.1, 0.15) is 5.69 Å². The number of hydrogen-bond donors (Lipinski definition) is 2. The Morgan fingerprint density at radius 2 is 2.10 bits per heavy atom. The number of hydrogen-bond acceptors (Lipinski definition) is 2. The van der Waals surface area contributed by atoms with Gasteiger partial charge in [-0.15, -0.1) is 11.3 Å². The molecule has 2 heterocycles. The van der Waals surface area contributed by atoms with Gasteiger partial charge in [0.15, 0.2) is 0 Å². The molecule has 2 aromatic heterocycles. The summed E-state index contributed by atoms with van der Waals surface area (Å²) in [5.41, 5.74) is 2.67. The van der Waals surface area contributed by atoms with Crippen LogP contribution >= 0.6 is 11.3 Å². The summed E-state index contributed by atoms with van der Waals surface area (Å²) >= 11 is 1.72. The average Bonchev–Trinajstić information content (AvgIpc) is 3.07. The number of carbonyl (C=O) groups excluding carboxylic acids is 1. The molecule has 0 saturated carbocycles. The zero-order valence-corrected chi connectivity index (χ0v) is 13.0. The number of nitrogens with one attached hydrogen (secondary N) is 2. The van der Waals surface area contributed by atoms with Crippen LogP contribution in [0.3, 0.4) is 0 Å². The molecule has 4 heteroatoms. The normalized spacial score (nSPS) is 12.5. The first-order valence-corrected chi connectivity index (χ1v) is 7.93. The zero-order chi connectivity index (χ0) is 14.8. The fourth-order valence-electron chi connectivity index (χ4n) is 2.59. The molecule has 108 valence electrons. The number of rotatable bonds is 4. The average molecular weight is 298 g/mol. The number of para-hydroxylation sites is 1. The largest absolute Gasteiger partial charge is 0.350 e. The van der Waals surface area contributed by atoms with E-state index in [0.29, 0.717) is 5.69 Å². The number of H-pyrrole nitrogens is 1. The molecule has 1 unspecified atom stereocenters. The fraction of sp³-hybridized carbons (Fsp3) is 0.235. The zero-order valence-electron chi connectivity index (χ0n) is 12.1. The summed E-state index contributed by atoms with van der Waals surface area (Å²) in [5, 5.41) is 6.24. The minimum atomic E-state index is -0.0345. The van der Waals surface area contributed by atoms with E-state index in [4.69, 9.17) is 0 Å². The summed E-state index contributed by atoms with van der Waals surface area (Å²) < 4.78 is 0. The summed E-state index contributed by atoms with van der Waals surface area (Å²) in [7, 11) is 0. The molecule has 0 aliphatic carbocycles. The molecule has 3 rings (SSSR count). The van der Waals surface area contributed by atoms with Crippen molar-refractivity contribution in [2.45, 2.75) is 26.3 Å². The van der Waals surface area contributed by atoms with Crippen LogP contribution in [-0.2, 0) is 6.42 Å². The molecule has 2 N–H and O–H groups in total. The summed E-state index contributed by atoms with van der Waals surface area (Å²) in [6.45, 7) is 4.02. The van der Waals surface area contributed by atoms with Crippen molar-refractivity contribution < 1.29 is 4.79 Å². The third-order valence-electron chi connectivity index (χ3n) is 3.66. The van der Waals surface area contributed by atoms with Crippen LogP contribution in [0.25, 0.3) is 10.9 Å². The summed E-state index contributed by atoms with van der Waals surface area (Å²) in [4.78, 5) is 16.9. The van der Waals surface area contributed by atoms with Gasteiger partial charge in [-0.25, -0.2) is 0 Å². The first kappa shape index (κ1) is 13.9. The van der Waals surface area contributed by atoms with E-state index >= 15 is 0 Å². The highest BCUT2D eigenvalue weighted by Crippen LogP contribution is 2.21. The molecule has 0 bridgehead atoms. The van der Waals surface area contributed by atoms with Gasteiger partial charge in [0.25, 0.3) is 5.91 Å². The van der Waals surface area contributed by atoms with E-state index in [1.807, 2.05) is 44.2 Å². The molecule has 3 nitrogen and oxygen atoms in total. The highest BCUT2D eigenvalue weighted by molar-refractivity contribution is 7.09. The van der Waals surface area contributed by atoms with Crippen LogP contribution in [0.1, 0.15) is 27.9 Å². The molecule has 0 fully saturated rings. The smallest absolute Gasteiger partial charge is 0.268 e. The lowest BCUT2D eigenvalue weighted by Crippen LogP contribution is -2.34. The van der Waals surface area contributed by atoms with Crippen LogP contribution in [0.15, 0.2) is 41.8 Å². The van der Waals surface area contributed by atoms with Crippen molar-refractivity contribution in [1.82, 2.24) is 10.3 Å². The topological polar surface area (TPSA) is 44.9 Å². The lowest BCUT2D eigenvalue weighted by Gasteiger charge is -2.12. The van der Waals surface area contributed by atoms with Crippen molar-refractivity contribution in [2.75, 3.05) is 0 Å². The third-order valence-corrected chi connectivity index (χ3v) is 4.56. The maximum Gasteiger partial charge on any atom is 0.268 e. The van der Waals surface area contributed by atoms with Crippen LogP contribution in [0, 0.1) is 6.92 Å².